The van der Waals surface area contributed by atoms with E-state index in [0.29, 0.717) is 17.8 Å². The third kappa shape index (κ3) is 3.00. The quantitative estimate of drug-likeness (QED) is 0.370. The number of nitrogens with zero attached hydrogens (tertiary/aromatic N) is 4. The summed E-state index contributed by atoms with van der Waals surface area (Å²) in [6.45, 7) is 0. The number of rotatable bonds is 3. The minimum atomic E-state index is 0.185. The van der Waals surface area contributed by atoms with Crippen molar-refractivity contribution in [3.8, 4) is 11.1 Å². The highest BCUT2D eigenvalue weighted by molar-refractivity contribution is 7.03. The average Bonchev–Trinajstić information content (AvgIpc) is 3.41. The molecule has 0 saturated heterocycles. The Bertz CT molecular complexity index is 1150. The van der Waals surface area contributed by atoms with Gasteiger partial charge in [-0.3, -0.25) is 0 Å². The summed E-state index contributed by atoms with van der Waals surface area (Å²) in [6.07, 6.45) is 7.13. The van der Waals surface area contributed by atoms with E-state index < -0.39 is 0 Å². The molecule has 6 nitrogen and oxygen atoms in total. The maximum absolute atomic E-state index is 6.20. The number of aromatic nitrogens is 4. The molecule has 0 amide bonds. The molecule has 1 aliphatic rings. The minimum absolute atomic E-state index is 0.185. The molecule has 4 aromatic rings. The van der Waals surface area contributed by atoms with Crippen molar-refractivity contribution in [1.82, 2.24) is 18.9 Å². The predicted molar refractivity (Wildman–Crippen MR) is 115 cm³/mol. The van der Waals surface area contributed by atoms with Crippen LogP contribution in [0, 0.1) is 0 Å². The first-order valence-corrected chi connectivity index (χ1v) is 10.4. The lowest BCUT2D eigenvalue weighted by atomic mass is 9.94. The van der Waals surface area contributed by atoms with Crippen LogP contribution < -0.4 is 11.5 Å². The zero-order valence-electron chi connectivity index (χ0n) is 15.0. The number of nitrogen functional groups attached to an aromatic ring is 2. The minimum Gasteiger partial charge on any atom is -0.399 e. The van der Waals surface area contributed by atoms with Crippen molar-refractivity contribution < 1.29 is 0 Å². The van der Waals surface area contributed by atoms with Crippen molar-refractivity contribution in [2.75, 3.05) is 11.5 Å². The smallest absolute Gasteiger partial charge is 0.226 e. The second-order valence-electron chi connectivity index (χ2n) is 7.30. The molecule has 1 saturated carbocycles. The Morgan fingerprint density at radius 2 is 2.00 bits per heavy atom. The van der Waals surface area contributed by atoms with Crippen LogP contribution >= 0.6 is 23.1 Å². The monoisotopic (exact) mass is 410 g/mol. The van der Waals surface area contributed by atoms with Gasteiger partial charge in [-0.2, -0.15) is 4.98 Å². The fourth-order valence-electron chi connectivity index (χ4n) is 4.26. The molecule has 1 aliphatic carbocycles. The molecule has 1 aromatic carbocycles. The molecule has 0 spiro atoms. The summed E-state index contributed by atoms with van der Waals surface area (Å²) in [5.41, 5.74) is 17.3. The number of hydrogen-bond donors (Lipinski definition) is 2. The molecule has 28 heavy (non-hydrogen) atoms. The lowest BCUT2D eigenvalue weighted by Gasteiger charge is -2.16. The SMILES string of the molecule is Nc1cc(-c2cnsc2)cc(C2CCC(n3ccc4c(N)nc(Cl)nc43)C2)c1. The van der Waals surface area contributed by atoms with Crippen LogP contribution in [0.4, 0.5) is 11.5 Å². The summed E-state index contributed by atoms with van der Waals surface area (Å²) in [6, 6.07) is 8.68. The van der Waals surface area contributed by atoms with Crippen LogP contribution in [0.1, 0.15) is 36.8 Å². The molecule has 2 atom stereocenters. The maximum Gasteiger partial charge on any atom is 0.226 e. The van der Waals surface area contributed by atoms with Gasteiger partial charge in [-0.1, -0.05) is 6.07 Å². The van der Waals surface area contributed by atoms with Crippen molar-refractivity contribution in [2.24, 2.45) is 0 Å². The van der Waals surface area contributed by atoms with Gasteiger partial charge >= 0.3 is 0 Å². The number of benzene rings is 1. The standard InChI is InChI=1S/C20H19ClN6S/c21-20-25-18(23)17-3-4-27(19(17)26-20)16-2-1-11(8-16)12-5-13(7-15(22)6-12)14-9-24-28-10-14/h3-7,9-11,16H,1-2,8,22H2,(H2,23,25,26). The van der Waals surface area contributed by atoms with Crippen molar-refractivity contribution in [1.29, 1.82) is 0 Å². The molecular weight excluding hydrogens is 392 g/mol. The van der Waals surface area contributed by atoms with Gasteiger partial charge in [0.05, 0.1) is 5.39 Å². The van der Waals surface area contributed by atoms with Crippen molar-refractivity contribution in [3.05, 3.63) is 52.9 Å². The summed E-state index contributed by atoms with van der Waals surface area (Å²) in [4.78, 5) is 8.46. The van der Waals surface area contributed by atoms with Gasteiger partial charge in [0.1, 0.15) is 11.5 Å². The van der Waals surface area contributed by atoms with Crippen molar-refractivity contribution >= 4 is 45.7 Å². The second kappa shape index (κ2) is 6.76. The fourth-order valence-corrected chi connectivity index (χ4v) is 4.98. The summed E-state index contributed by atoms with van der Waals surface area (Å²) in [5, 5.41) is 3.09. The Hall–Kier alpha value is -2.64. The lowest BCUT2D eigenvalue weighted by Crippen LogP contribution is -2.06. The zero-order valence-corrected chi connectivity index (χ0v) is 16.6. The third-order valence-corrected chi connectivity index (χ3v) is 6.34. The van der Waals surface area contributed by atoms with Crippen molar-refractivity contribution in [2.45, 2.75) is 31.2 Å². The van der Waals surface area contributed by atoms with Crippen LogP contribution in [0.15, 0.2) is 42.0 Å². The zero-order chi connectivity index (χ0) is 19.3. The highest BCUT2D eigenvalue weighted by Crippen LogP contribution is 2.43. The molecule has 1 fully saturated rings. The molecule has 3 aromatic heterocycles. The number of fused-ring (bicyclic) bond motifs is 1. The Balaban J connectivity index is 1.46. The van der Waals surface area contributed by atoms with Gasteiger partial charge < -0.3 is 16.0 Å². The van der Waals surface area contributed by atoms with Gasteiger partial charge in [-0.15, -0.1) is 0 Å². The molecular formula is C20H19ClN6S. The van der Waals surface area contributed by atoms with Gasteiger partial charge in [-0.25, -0.2) is 9.36 Å². The van der Waals surface area contributed by atoms with E-state index in [-0.39, 0.29) is 5.28 Å². The van der Waals surface area contributed by atoms with Crippen LogP contribution in [0.25, 0.3) is 22.2 Å². The molecule has 5 rings (SSSR count). The number of hydrogen-bond acceptors (Lipinski definition) is 6. The molecule has 8 heteroatoms. The van der Waals surface area contributed by atoms with Gasteiger partial charge in [0.25, 0.3) is 0 Å². The van der Waals surface area contributed by atoms with Gasteiger partial charge in [0, 0.05) is 35.1 Å². The molecule has 142 valence electrons. The Morgan fingerprint density at radius 3 is 2.82 bits per heavy atom. The molecule has 2 unspecified atom stereocenters. The molecule has 0 aliphatic heterocycles. The highest BCUT2D eigenvalue weighted by Gasteiger charge is 2.29. The van der Waals surface area contributed by atoms with Crippen LogP contribution in [-0.4, -0.2) is 18.9 Å². The van der Waals surface area contributed by atoms with Crippen LogP contribution in [-0.2, 0) is 0 Å². The second-order valence-corrected chi connectivity index (χ2v) is 8.30. The molecule has 0 radical (unpaired) electrons. The van der Waals surface area contributed by atoms with E-state index in [4.69, 9.17) is 23.1 Å². The topological polar surface area (TPSA) is 95.6 Å². The van der Waals surface area contributed by atoms with Crippen LogP contribution in [0.3, 0.4) is 0 Å². The first kappa shape index (κ1) is 17.5. The fraction of sp³-hybridized carbons (Fsp3) is 0.250. The average molecular weight is 411 g/mol. The summed E-state index contributed by atoms with van der Waals surface area (Å²) >= 11 is 7.49. The van der Waals surface area contributed by atoms with E-state index in [2.05, 4.69) is 36.4 Å². The normalized spacial score (nSPS) is 19.5. The summed E-state index contributed by atoms with van der Waals surface area (Å²) in [7, 11) is 0. The predicted octanol–water partition coefficient (Wildman–Crippen LogP) is 4.88. The first-order valence-electron chi connectivity index (χ1n) is 9.18. The Labute approximate surface area is 171 Å². The van der Waals surface area contributed by atoms with Gasteiger partial charge in [0.15, 0.2) is 0 Å². The number of halogens is 1. The van der Waals surface area contributed by atoms with E-state index in [0.717, 1.165) is 47.1 Å². The largest absolute Gasteiger partial charge is 0.399 e. The number of nitrogens with two attached hydrogens (primary N) is 2. The number of anilines is 2. The Morgan fingerprint density at radius 1 is 1.11 bits per heavy atom. The van der Waals surface area contributed by atoms with E-state index in [1.807, 2.05) is 24.5 Å². The highest BCUT2D eigenvalue weighted by atomic mass is 35.5. The van der Waals surface area contributed by atoms with Crippen molar-refractivity contribution in [3.63, 3.8) is 0 Å². The molecule has 0 bridgehead atoms. The van der Waals surface area contributed by atoms with Gasteiger partial charge in [-0.05, 0) is 77.6 Å². The first-order chi connectivity index (χ1) is 13.6. The van der Waals surface area contributed by atoms with Crippen LogP contribution in [0.5, 0.6) is 0 Å². The third-order valence-electron chi connectivity index (χ3n) is 5.59. The van der Waals surface area contributed by atoms with E-state index in [9.17, 15) is 0 Å². The lowest BCUT2D eigenvalue weighted by molar-refractivity contribution is 0.523. The molecule has 4 N–H and O–H groups in total. The molecule has 3 heterocycles. The van der Waals surface area contributed by atoms with E-state index >= 15 is 0 Å². The maximum atomic E-state index is 6.20. The summed E-state index contributed by atoms with van der Waals surface area (Å²) < 4.78 is 6.40. The van der Waals surface area contributed by atoms with Gasteiger partial charge in [0.2, 0.25) is 5.28 Å². The summed E-state index contributed by atoms with van der Waals surface area (Å²) in [5.74, 6) is 0.874. The van der Waals surface area contributed by atoms with E-state index in [1.165, 1.54) is 17.1 Å². The van der Waals surface area contributed by atoms with Crippen LogP contribution in [0.2, 0.25) is 5.28 Å². The van der Waals surface area contributed by atoms with E-state index in [1.54, 1.807) is 0 Å². The Kier molecular flexibility index (Phi) is 4.21.